The van der Waals surface area contributed by atoms with Crippen LogP contribution in [0.15, 0.2) is 48.5 Å². The molecule has 1 fully saturated rings. The third-order valence-corrected chi connectivity index (χ3v) is 6.45. The van der Waals surface area contributed by atoms with E-state index >= 15 is 0 Å². The third kappa shape index (κ3) is 5.18. The molecule has 2 aromatic carbocycles. The number of hydrogen-bond donors (Lipinski definition) is 3. The average Bonchev–Trinajstić information content (AvgIpc) is 3.61. The number of rotatable bonds is 10. The molecule has 174 valence electrons. The summed E-state index contributed by atoms with van der Waals surface area (Å²) < 4.78 is 5.57. The number of carboxylic acids is 1. The van der Waals surface area contributed by atoms with Crippen LogP contribution in [0.2, 0.25) is 0 Å². The van der Waals surface area contributed by atoms with E-state index in [-0.39, 0.29) is 18.4 Å². The van der Waals surface area contributed by atoms with E-state index < -0.39 is 30.1 Å². The van der Waals surface area contributed by atoms with Gasteiger partial charge in [0.1, 0.15) is 18.7 Å². The van der Waals surface area contributed by atoms with Crippen LogP contribution in [0.3, 0.4) is 0 Å². The van der Waals surface area contributed by atoms with Crippen molar-refractivity contribution in [3.63, 3.8) is 0 Å². The number of carbonyl (C=O) groups is 3. The van der Waals surface area contributed by atoms with Gasteiger partial charge in [-0.25, -0.2) is 9.59 Å². The molecule has 2 unspecified atom stereocenters. The van der Waals surface area contributed by atoms with Gasteiger partial charge in [-0.3, -0.25) is 4.79 Å². The summed E-state index contributed by atoms with van der Waals surface area (Å²) in [5.74, 6) is -1.59. The summed E-state index contributed by atoms with van der Waals surface area (Å²) in [6.45, 7) is 2.12. The van der Waals surface area contributed by atoms with Crippen molar-refractivity contribution in [3.8, 4) is 11.1 Å². The largest absolute Gasteiger partial charge is 0.480 e. The fourth-order valence-corrected chi connectivity index (χ4v) is 4.52. The topological polar surface area (TPSA) is 105 Å². The van der Waals surface area contributed by atoms with Gasteiger partial charge in [0.2, 0.25) is 5.91 Å². The van der Waals surface area contributed by atoms with Crippen molar-refractivity contribution in [1.82, 2.24) is 10.6 Å². The molecule has 0 heterocycles. The first-order chi connectivity index (χ1) is 16.0. The zero-order valence-corrected chi connectivity index (χ0v) is 18.8. The van der Waals surface area contributed by atoms with E-state index in [0.29, 0.717) is 12.8 Å². The number of carbonyl (C=O) groups excluding carboxylic acids is 2. The second kappa shape index (κ2) is 10.1. The van der Waals surface area contributed by atoms with Crippen molar-refractivity contribution >= 4 is 18.0 Å². The van der Waals surface area contributed by atoms with E-state index in [1.165, 1.54) is 0 Å². The molecule has 0 spiro atoms. The van der Waals surface area contributed by atoms with Gasteiger partial charge in [-0.15, -0.1) is 0 Å². The molecule has 3 N–H and O–H groups in total. The van der Waals surface area contributed by atoms with Crippen molar-refractivity contribution < 1.29 is 24.2 Å². The van der Waals surface area contributed by atoms with Crippen LogP contribution in [0.1, 0.15) is 56.1 Å². The summed E-state index contributed by atoms with van der Waals surface area (Å²) in [7, 11) is 0. The van der Waals surface area contributed by atoms with E-state index in [2.05, 4.69) is 22.8 Å². The van der Waals surface area contributed by atoms with Gasteiger partial charge in [0.15, 0.2) is 0 Å². The number of benzene rings is 2. The molecular formula is C26H30N2O5. The van der Waals surface area contributed by atoms with Crippen molar-refractivity contribution in [1.29, 1.82) is 0 Å². The summed E-state index contributed by atoms with van der Waals surface area (Å²) in [5, 5.41) is 14.7. The van der Waals surface area contributed by atoms with Gasteiger partial charge in [-0.2, -0.15) is 0 Å². The minimum atomic E-state index is -1.06. The summed E-state index contributed by atoms with van der Waals surface area (Å²) in [5.41, 5.74) is 4.51. The number of fused-ring (bicyclic) bond motifs is 3. The van der Waals surface area contributed by atoms with Crippen LogP contribution in [-0.4, -0.2) is 41.8 Å². The Morgan fingerprint density at radius 2 is 1.61 bits per heavy atom. The molecule has 2 aliphatic carbocycles. The highest BCUT2D eigenvalue weighted by atomic mass is 16.5. The molecule has 0 saturated heterocycles. The molecule has 7 heteroatoms. The number of nitrogens with one attached hydrogen (secondary N) is 2. The van der Waals surface area contributed by atoms with Crippen molar-refractivity contribution in [2.24, 2.45) is 5.92 Å². The Bertz CT molecular complexity index is 987. The number of carboxylic acid groups (broad SMARTS) is 1. The molecule has 0 aromatic heterocycles. The molecular weight excluding hydrogens is 420 g/mol. The zero-order chi connectivity index (χ0) is 23.4. The number of amides is 2. The van der Waals surface area contributed by atoms with Crippen LogP contribution >= 0.6 is 0 Å². The van der Waals surface area contributed by atoms with Gasteiger partial charge < -0.3 is 20.5 Å². The van der Waals surface area contributed by atoms with E-state index in [1.807, 2.05) is 43.3 Å². The maximum atomic E-state index is 12.8. The molecule has 7 nitrogen and oxygen atoms in total. The van der Waals surface area contributed by atoms with E-state index in [4.69, 9.17) is 4.74 Å². The molecule has 0 radical (unpaired) electrons. The highest BCUT2D eigenvalue weighted by Crippen LogP contribution is 2.44. The number of unbranched alkanes of at least 4 members (excludes halogenated alkanes) is 1. The van der Waals surface area contributed by atoms with Crippen molar-refractivity contribution in [3.05, 3.63) is 59.7 Å². The highest BCUT2D eigenvalue weighted by molar-refractivity contribution is 5.89. The van der Waals surface area contributed by atoms with Gasteiger partial charge in [0.05, 0.1) is 0 Å². The van der Waals surface area contributed by atoms with Crippen LogP contribution in [0.4, 0.5) is 4.79 Å². The lowest BCUT2D eigenvalue weighted by Crippen LogP contribution is -2.52. The standard InChI is InChI=1S/C26H30N2O5/c1-2-3-12-22(25(30)31)27-24(29)23(16-13-14-16)28-26(32)33-15-21-19-10-6-4-8-17(19)18-9-5-7-11-20(18)21/h4-11,16,21-23H,2-3,12-15H2,1H3,(H,27,29)(H,28,32)(H,30,31). The van der Waals surface area contributed by atoms with Gasteiger partial charge in [0.25, 0.3) is 0 Å². The molecule has 2 aromatic rings. The van der Waals surface area contributed by atoms with E-state index in [1.54, 1.807) is 0 Å². The molecule has 1 saturated carbocycles. The Labute approximate surface area is 193 Å². The Morgan fingerprint density at radius 1 is 1.00 bits per heavy atom. The van der Waals surface area contributed by atoms with Gasteiger partial charge in [0, 0.05) is 5.92 Å². The van der Waals surface area contributed by atoms with E-state index in [9.17, 15) is 19.5 Å². The molecule has 2 aliphatic rings. The van der Waals surface area contributed by atoms with Crippen LogP contribution in [0.25, 0.3) is 11.1 Å². The zero-order valence-electron chi connectivity index (χ0n) is 18.8. The Hall–Kier alpha value is -3.35. The minimum Gasteiger partial charge on any atom is -0.480 e. The van der Waals surface area contributed by atoms with Crippen LogP contribution in [-0.2, 0) is 14.3 Å². The SMILES string of the molecule is CCCCC(NC(=O)C(NC(=O)OCC1c2ccccc2-c2ccccc21)C1CC1)C(=O)O. The molecule has 0 aliphatic heterocycles. The maximum Gasteiger partial charge on any atom is 0.407 e. The predicted octanol–water partition coefficient (Wildman–Crippen LogP) is 4.06. The monoisotopic (exact) mass is 450 g/mol. The number of aliphatic carboxylic acids is 1. The molecule has 2 atom stereocenters. The van der Waals surface area contributed by atoms with Gasteiger partial charge >= 0.3 is 12.1 Å². The second-order valence-corrected chi connectivity index (χ2v) is 8.83. The molecule has 2 amide bonds. The summed E-state index contributed by atoms with van der Waals surface area (Å²) in [6.07, 6.45) is 2.86. The van der Waals surface area contributed by atoms with Crippen LogP contribution in [0.5, 0.6) is 0 Å². The lowest BCUT2D eigenvalue weighted by Gasteiger charge is -2.22. The van der Waals surface area contributed by atoms with Gasteiger partial charge in [-0.1, -0.05) is 68.3 Å². The average molecular weight is 451 g/mol. The predicted molar refractivity (Wildman–Crippen MR) is 124 cm³/mol. The van der Waals surface area contributed by atoms with Crippen molar-refractivity contribution in [2.45, 2.75) is 57.0 Å². The van der Waals surface area contributed by atoms with Crippen LogP contribution in [0, 0.1) is 5.92 Å². The number of hydrogen-bond acceptors (Lipinski definition) is 4. The Kier molecular flexibility index (Phi) is 6.96. The lowest BCUT2D eigenvalue weighted by atomic mass is 9.98. The third-order valence-electron chi connectivity index (χ3n) is 6.45. The second-order valence-electron chi connectivity index (χ2n) is 8.83. The number of alkyl carbamates (subject to hydrolysis) is 1. The number of ether oxygens (including phenoxy) is 1. The summed E-state index contributed by atoms with van der Waals surface area (Å²) in [4.78, 5) is 36.9. The van der Waals surface area contributed by atoms with Crippen LogP contribution < -0.4 is 10.6 Å². The van der Waals surface area contributed by atoms with E-state index in [0.717, 1.165) is 41.5 Å². The Morgan fingerprint density at radius 3 is 2.15 bits per heavy atom. The highest BCUT2D eigenvalue weighted by Gasteiger charge is 2.39. The fourth-order valence-electron chi connectivity index (χ4n) is 4.52. The lowest BCUT2D eigenvalue weighted by molar-refractivity contribution is -0.142. The van der Waals surface area contributed by atoms with Crippen molar-refractivity contribution in [2.75, 3.05) is 6.61 Å². The quantitative estimate of drug-likeness (QED) is 0.506. The fraction of sp³-hybridized carbons (Fsp3) is 0.423. The smallest absolute Gasteiger partial charge is 0.407 e. The Balaban J connectivity index is 1.38. The first-order valence-electron chi connectivity index (χ1n) is 11.6. The molecule has 4 rings (SSSR count). The maximum absolute atomic E-state index is 12.8. The molecule has 0 bridgehead atoms. The minimum absolute atomic E-state index is 0.00565. The first kappa shape index (κ1) is 22.8. The van der Waals surface area contributed by atoms with Gasteiger partial charge in [-0.05, 0) is 47.4 Å². The first-order valence-corrected chi connectivity index (χ1v) is 11.6. The summed E-state index contributed by atoms with van der Waals surface area (Å²) in [6, 6.07) is 14.4. The normalized spacial score (nSPS) is 16.3. The summed E-state index contributed by atoms with van der Waals surface area (Å²) >= 11 is 0. The molecule has 33 heavy (non-hydrogen) atoms.